The van der Waals surface area contributed by atoms with Crippen molar-refractivity contribution in [3.8, 4) is 0 Å². The van der Waals surface area contributed by atoms with Crippen LogP contribution in [0.2, 0.25) is 0 Å². The highest BCUT2D eigenvalue weighted by Crippen LogP contribution is 2.01. The van der Waals surface area contributed by atoms with Gasteiger partial charge in [-0.25, -0.2) is 0 Å². The lowest BCUT2D eigenvalue weighted by atomic mass is 10.4. The van der Waals surface area contributed by atoms with Crippen LogP contribution in [0.5, 0.6) is 0 Å². The molecule has 0 radical (unpaired) electrons. The summed E-state index contributed by atoms with van der Waals surface area (Å²) < 4.78 is 3.22. The molecule has 0 aliphatic rings. The van der Waals surface area contributed by atoms with E-state index >= 15 is 0 Å². The maximum absolute atomic E-state index is 5.30. The number of nitrogens with one attached hydrogen (secondary N) is 1. The van der Waals surface area contributed by atoms with Gasteiger partial charge in [-0.1, -0.05) is 25.8 Å². The van der Waals surface area contributed by atoms with Crippen molar-refractivity contribution in [2.75, 3.05) is 13.1 Å². The molecule has 0 unspecified atom stereocenters. The highest BCUT2D eigenvalue weighted by atomic mass is 32.2. The van der Waals surface area contributed by atoms with Crippen LogP contribution in [0.25, 0.3) is 0 Å². The highest BCUT2D eigenvalue weighted by Gasteiger charge is 1.90. The van der Waals surface area contributed by atoms with Crippen LogP contribution in [0, 0.1) is 0 Å². The van der Waals surface area contributed by atoms with Crippen molar-refractivity contribution in [1.82, 2.24) is 4.72 Å². The average Bonchev–Trinajstić information content (AvgIpc) is 1.80. The van der Waals surface area contributed by atoms with E-state index < -0.39 is 0 Å². The van der Waals surface area contributed by atoms with Crippen LogP contribution in [0.1, 0.15) is 20.3 Å². The predicted octanol–water partition coefficient (Wildman–Crippen LogP) is 0.981. The zero-order chi connectivity index (χ0) is 7.11. The van der Waals surface area contributed by atoms with E-state index in [-0.39, 0.29) is 0 Å². The fourth-order valence-corrected chi connectivity index (χ4v) is 0.995. The Kier molecular flexibility index (Phi) is 6.58. The molecule has 0 heterocycles. The summed E-state index contributed by atoms with van der Waals surface area (Å²) in [6.45, 7) is 6.14. The van der Waals surface area contributed by atoms with E-state index in [1.807, 2.05) is 0 Å². The molecule has 0 rings (SSSR count). The quantitative estimate of drug-likeness (QED) is 0.451. The van der Waals surface area contributed by atoms with E-state index in [9.17, 15) is 0 Å². The van der Waals surface area contributed by atoms with Crippen LogP contribution in [0.15, 0.2) is 0 Å². The summed E-state index contributed by atoms with van der Waals surface area (Å²) >= 11 is 1.77. The third-order valence-electron chi connectivity index (χ3n) is 0.802. The molecule has 0 aliphatic heterocycles. The summed E-state index contributed by atoms with van der Waals surface area (Å²) in [6.07, 6.45) is 1.07. The first-order chi connectivity index (χ1) is 4.27. The molecule has 3 N–H and O–H groups in total. The summed E-state index contributed by atoms with van der Waals surface area (Å²) in [5.74, 6) is 0. The Morgan fingerprint density at radius 3 is 2.67 bits per heavy atom. The zero-order valence-electron chi connectivity index (χ0n) is 6.18. The van der Waals surface area contributed by atoms with Gasteiger partial charge in [-0.3, -0.25) is 4.72 Å². The van der Waals surface area contributed by atoms with Crippen molar-refractivity contribution in [3.63, 3.8) is 0 Å². The number of rotatable bonds is 5. The normalized spacial score (nSPS) is 10.7. The van der Waals surface area contributed by atoms with E-state index in [1.54, 1.807) is 11.9 Å². The second kappa shape index (κ2) is 6.39. The first-order valence-corrected chi connectivity index (χ1v) is 4.24. The van der Waals surface area contributed by atoms with Gasteiger partial charge in [0.1, 0.15) is 0 Å². The van der Waals surface area contributed by atoms with Gasteiger partial charge >= 0.3 is 0 Å². The van der Waals surface area contributed by atoms with Gasteiger partial charge in [-0.05, 0) is 13.0 Å². The third-order valence-corrected chi connectivity index (χ3v) is 1.64. The standard InChI is InChI=1S/C6H16N2S/c1-6(2)9-8-5-3-4-7/h6,8H,3-5,7H2,1-2H3. The van der Waals surface area contributed by atoms with E-state index in [4.69, 9.17) is 5.73 Å². The van der Waals surface area contributed by atoms with Gasteiger partial charge in [0.25, 0.3) is 0 Å². The topological polar surface area (TPSA) is 38.0 Å². The van der Waals surface area contributed by atoms with Crippen LogP contribution in [0.4, 0.5) is 0 Å². The Morgan fingerprint density at radius 2 is 2.22 bits per heavy atom. The van der Waals surface area contributed by atoms with Gasteiger partial charge in [0.15, 0.2) is 0 Å². The maximum Gasteiger partial charge on any atom is 0.0136 e. The number of hydrogen-bond acceptors (Lipinski definition) is 3. The minimum absolute atomic E-state index is 0.669. The molecule has 56 valence electrons. The lowest BCUT2D eigenvalue weighted by Crippen LogP contribution is -2.13. The molecule has 0 aromatic heterocycles. The fourth-order valence-electron chi connectivity index (χ4n) is 0.400. The van der Waals surface area contributed by atoms with Gasteiger partial charge in [0.2, 0.25) is 0 Å². The monoisotopic (exact) mass is 148 g/mol. The van der Waals surface area contributed by atoms with E-state index in [0.29, 0.717) is 5.25 Å². The average molecular weight is 148 g/mol. The van der Waals surface area contributed by atoms with Crippen molar-refractivity contribution in [2.24, 2.45) is 5.73 Å². The Labute approximate surface area is 61.7 Å². The summed E-state index contributed by atoms with van der Waals surface area (Å²) in [5, 5.41) is 0.669. The number of nitrogens with two attached hydrogens (primary N) is 1. The third kappa shape index (κ3) is 8.27. The Bertz CT molecular complexity index is 57.0. The largest absolute Gasteiger partial charge is 0.330 e. The fraction of sp³-hybridized carbons (Fsp3) is 1.00. The molecule has 0 amide bonds. The molecule has 0 saturated carbocycles. The van der Waals surface area contributed by atoms with Gasteiger partial charge in [-0.15, -0.1) is 0 Å². The summed E-state index contributed by atoms with van der Waals surface area (Å²) in [7, 11) is 0. The highest BCUT2D eigenvalue weighted by molar-refractivity contribution is 7.97. The maximum atomic E-state index is 5.30. The lowest BCUT2D eigenvalue weighted by molar-refractivity contribution is 0.806. The molecule has 0 aromatic carbocycles. The van der Waals surface area contributed by atoms with Crippen molar-refractivity contribution in [2.45, 2.75) is 25.5 Å². The summed E-state index contributed by atoms with van der Waals surface area (Å²) in [6, 6.07) is 0. The minimum Gasteiger partial charge on any atom is -0.330 e. The van der Waals surface area contributed by atoms with Gasteiger partial charge in [0, 0.05) is 11.8 Å². The van der Waals surface area contributed by atoms with Crippen LogP contribution in [-0.4, -0.2) is 18.3 Å². The molecule has 0 fully saturated rings. The van der Waals surface area contributed by atoms with Gasteiger partial charge in [-0.2, -0.15) is 0 Å². The minimum atomic E-state index is 0.669. The summed E-state index contributed by atoms with van der Waals surface area (Å²) in [4.78, 5) is 0. The molecular weight excluding hydrogens is 132 g/mol. The molecule has 3 heteroatoms. The van der Waals surface area contributed by atoms with E-state index in [2.05, 4.69) is 18.6 Å². The predicted molar refractivity (Wildman–Crippen MR) is 44.4 cm³/mol. The molecule has 2 nitrogen and oxygen atoms in total. The lowest BCUT2D eigenvalue weighted by Gasteiger charge is -2.04. The van der Waals surface area contributed by atoms with Gasteiger partial charge in [0.05, 0.1) is 0 Å². The summed E-state index contributed by atoms with van der Waals surface area (Å²) in [5.41, 5.74) is 5.30. The first-order valence-electron chi connectivity index (χ1n) is 3.36. The molecule has 0 saturated heterocycles. The smallest absolute Gasteiger partial charge is 0.0136 e. The van der Waals surface area contributed by atoms with Crippen LogP contribution in [-0.2, 0) is 0 Å². The second-order valence-electron chi connectivity index (χ2n) is 2.20. The second-order valence-corrected chi connectivity index (χ2v) is 3.67. The molecule has 0 atom stereocenters. The first kappa shape index (κ1) is 9.27. The van der Waals surface area contributed by atoms with Crippen molar-refractivity contribution >= 4 is 11.9 Å². The molecular formula is C6H16N2S. The van der Waals surface area contributed by atoms with Crippen molar-refractivity contribution in [3.05, 3.63) is 0 Å². The van der Waals surface area contributed by atoms with Gasteiger partial charge < -0.3 is 5.73 Å². The van der Waals surface area contributed by atoms with Crippen LogP contribution < -0.4 is 10.5 Å². The zero-order valence-corrected chi connectivity index (χ0v) is 7.00. The number of hydrogen-bond donors (Lipinski definition) is 2. The van der Waals surface area contributed by atoms with Crippen molar-refractivity contribution < 1.29 is 0 Å². The molecule has 9 heavy (non-hydrogen) atoms. The molecule has 0 aliphatic carbocycles. The Morgan fingerprint density at radius 1 is 1.56 bits per heavy atom. The Balaban J connectivity index is 2.75. The van der Waals surface area contributed by atoms with Crippen molar-refractivity contribution in [1.29, 1.82) is 0 Å². The van der Waals surface area contributed by atoms with Crippen LogP contribution in [0.3, 0.4) is 0 Å². The van der Waals surface area contributed by atoms with E-state index in [1.165, 1.54) is 0 Å². The SMILES string of the molecule is CC(C)SNCCCN. The molecule has 0 spiro atoms. The van der Waals surface area contributed by atoms with E-state index in [0.717, 1.165) is 19.5 Å². The Hall–Kier alpha value is 0.270. The van der Waals surface area contributed by atoms with Crippen LogP contribution >= 0.6 is 11.9 Å². The molecule has 0 aromatic rings. The molecule has 0 bridgehead atoms.